The van der Waals surface area contributed by atoms with E-state index >= 15 is 4.39 Å². The first-order valence-electron chi connectivity index (χ1n) is 12.3. The maximum absolute atomic E-state index is 15.3. The first kappa shape index (κ1) is 26.7. The summed E-state index contributed by atoms with van der Waals surface area (Å²) in [6.07, 6.45) is 4.48. The van der Waals surface area contributed by atoms with Gasteiger partial charge in [0, 0.05) is 29.0 Å². The van der Waals surface area contributed by atoms with Gasteiger partial charge in [-0.3, -0.25) is 19.3 Å². The number of carbonyl (C=O) groups is 3. The Labute approximate surface area is 221 Å². The summed E-state index contributed by atoms with van der Waals surface area (Å²) in [5, 5.41) is 2.20. The number of benzene rings is 2. The van der Waals surface area contributed by atoms with Gasteiger partial charge in [0.2, 0.25) is 5.91 Å². The van der Waals surface area contributed by atoms with Crippen molar-refractivity contribution in [2.24, 2.45) is 0 Å². The standard InChI is InChI=1S/C29H32FN3O3S/c1-7-10-33-24-14-22(30)20(12-21(24)19(4)15-29(33,5)6)13-25-27(35)32(28(36)37-25)16-26(34)31-23-9-8-17(2)11-18(23)3/h8-9,11-15H,7,10,16H2,1-6H3,(H,31,34)/b25-13+. The van der Waals surface area contributed by atoms with E-state index < -0.39 is 29.4 Å². The number of hydrogen-bond acceptors (Lipinski definition) is 5. The van der Waals surface area contributed by atoms with E-state index in [1.807, 2.05) is 32.9 Å². The number of fused-ring (bicyclic) bond motifs is 1. The average molecular weight is 522 g/mol. The number of carbonyl (C=O) groups excluding carboxylic acids is 3. The third kappa shape index (κ3) is 5.34. The molecule has 1 saturated heterocycles. The van der Waals surface area contributed by atoms with Crippen molar-refractivity contribution in [2.75, 3.05) is 23.3 Å². The highest BCUT2D eigenvalue weighted by molar-refractivity contribution is 8.18. The first-order chi connectivity index (χ1) is 17.4. The maximum atomic E-state index is 15.3. The summed E-state index contributed by atoms with van der Waals surface area (Å²) in [7, 11) is 0. The number of anilines is 2. The van der Waals surface area contributed by atoms with Gasteiger partial charge in [0.25, 0.3) is 11.1 Å². The Balaban J connectivity index is 1.57. The monoisotopic (exact) mass is 521 g/mol. The molecule has 0 bridgehead atoms. The Bertz CT molecular complexity index is 1360. The minimum atomic E-state index is -0.607. The fourth-order valence-electron chi connectivity index (χ4n) is 4.92. The van der Waals surface area contributed by atoms with Crippen molar-refractivity contribution in [3.05, 3.63) is 69.4 Å². The van der Waals surface area contributed by atoms with Gasteiger partial charge in [0.15, 0.2) is 0 Å². The van der Waals surface area contributed by atoms with Crippen molar-refractivity contribution in [3.8, 4) is 0 Å². The van der Waals surface area contributed by atoms with Crippen LogP contribution in [0.1, 0.15) is 56.4 Å². The van der Waals surface area contributed by atoms with Gasteiger partial charge in [-0.1, -0.05) is 30.7 Å². The molecule has 2 aliphatic rings. The van der Waals surface area contributed by atoms with Gasteiger partial charge in [-0.2, -0.15) is 0 Å². The Morgan fingerprint density at radius 1 is 1.14 bits per heavy atom. The largest absolute Gasteiger partial charge is 0.362 e. The van der Waals surface area contributed by atoms with Crippen LogP contribution in [0.15, 0.2) is 41.3 Å². The van der Waals surface area contributed by atoms with Crippen LogP contribution in [0, 0.1) is 19.7 Å². The highest BCUT2D eigenvalue weighted by Gasteiger charge is 2.37. The highest BCUT2D eigenvalue weighted by atomic mass is 32.2. The molecule has 194 valence electrons. The fourth-order valence-corrected chi connectivity index (χ4v) is 5.75. The van der Waals surface area contributed by atoms with Crippen LogP contribution in [0.25, 0.3) is 11.6 Å². The van der Waals surface area contributed by atoms with Gasteiger partial charge in [-0.15, -0.1) is 0 Å². The van der Waals surface area contributed by atoms with E-state index in [1.165, 1.54) is 12.1 Å². The molecule has 1 N–H and O–H groups in total. The van der Waals surface area contributed by atoms with Crippen molar-refractivity contribution in [1.29, 1.82) is 0 Å². The molecule has 37 heavy (non-hydrogen) atoms. The molecule has 2 heterocycles. The molecule has 0 aliphatic carbocycles. The minimum absolute atomic E-state index is 0.0892. The van der Waals surface area contributed by atoms with E-state index in [0.717, 1.165) is 45.8 Å². The Hall–Kier alpha value is -3.39. The Kier molecular flexibility index (Phi) is 7.33. The molecule has 0 aromatic heterocycles. The van der Waals surface area contributed by atoms with Crippen LogP contribution < -0.4 is 10.2 Å². The van der Waals surface area contributed by atoms with Gasteiger partial charge in [0.1, 0.15) is 12.4 Å². The van der Waals surface area contributed by atoms with E-state index in [2.05, 4.69) is 37.1 Å². The van der Waals surface area contributed by atoms with Crippen molar-refractivity contribution < 1.29 is 18.8 Å². The summed E-state index contributed by atoms with van der Waals surface area (Å²) in [6, 6.07) is 8.84. The minimum Gasteiger partial charge on any atom is -0.362 e. The number of hydrogen-bond donors (Lipinski definition) is 1. The van der Waals surface area contributed by atoms with E-state index in [0.29, 0.717) is 17.4 Å². The zero-order valence-electron chi connectivity index (χ0n) is 22.1. The van der Waals surface area contributed by atoms with Crippen molar-refractivity contribution >= 4 is 51.8 Å². The molecule has 0 atom stereocenters. The molecule has 0 unspecified atom stereocenters. The number of aryl methyl sites for hydroxylation is 2. The second kappa shape index (κ2) is 10.2. The van der Waals surface area contributed by atoms with Crippen molar-refractivity contribution in [2.45, 2.75) is 53.5 Å². The predicted molar refractivity (Wildman–Crippen MR) is 149 cm³/mol. The SMILES string of the molecule is CCCN1c2cc(F)c(/C=C3/SC(=O)N(CC(=O)Nc4ccc(C)cc4C)C3=O)cc2C(C)=CC1(C)C. The maximum Gasteiger partial charge on any atom is 0.294 e. The van der Waals surface area contributed by atoms with Crippen molar-refractivity contribution in [3.63, 3.8) is 0 Å². The molecule has 2 aromatic carbocycles. The predicted octanol–water partition coefficient (Wildman–Crippen LogP) is 6.53. The zero-order chi connectivity index (χ0) is 27.1. The van der Waals surface area contributed by atoms with Gasteiger partial charge < -0.3 is 10.2 Å². The molecule has 3 amide bonds. The molecular formula is C29H32FN3O3S. The Morgan fingerprint density at radius 2 is 1.86 bits per heavy atom. The number of rotatable bonds is 6. The highest BCUT2D eigenvalue weighted by Crippen LogP contribution is 2.41. The van der Waals surface area contributed by atoms with E-state index in [1.54, 1.807) is 12.1 Å². The van der Waals surface area contributed by atoms with Crippen LogP contribution in [-0.4, -0.2) is 40.6 Å². The van der Waals surface area contributed by atoms with Crippen molar-refractivity contribution in [1.82, 2.24) is 4.90 Å². The lowest BCUT2D eigenvalue weighted by Crippen LogP contribution is -2.45. The third-order valence-electron chi connectivity index (χ3n) is 6.66. The van der Waals surface area contributed by atoms with Gasteiger partial charge >= 0.3 is 0 Å². The van der Waals surface area contributed by atoms with Crippen LogP contribution >= 0.6 is 11.8 Å². The molecule has 2 aromatic rings. The lowest BCUT2D eigenvalue weighted by atomic mass is 9.87. The molecule has 4 rings (SSSR count). The van der Waals surface area contributed by atoms with Gasteiger partial charge in [-0.25, -0.2) is 4.39 Å². The normalized spacial score (nSPS) is 17.8. The first-order valence-corrected chi connectivity index (χ1v) is 13.2. The number of nitrogens with one attached hydrogen (secondary N) is 1. The summed E-state index contributed by atoms with van der Waals surface area (Å²) in [4.78, 5) is 41.3. The quantitative estimate of drug-likeness (QED) is 0.438. The lowest BCUT2D eigenvalue weighted by molar-refractivity contribution is -0.127. The Morgan fingerprint density at radius 3 is 2.54 bits per heavy atom. The smallest absolute Gasteiger partial charge is 0.294 e. The van der Waals surface area contributed by atoms with Crippen LogP contribution in [0.2, 0.25) is 0 Å². The van der Waals surface area contributed by atoms with E-state index in [9.17, 15) is 14.4 Å². The number of halogens is 1. The summed E-state index contributed by atoms with van der Waals surface area (Å²) in [6.45, 7) is 12.5. The topological polar surface area (TPSA) is 69.7 Å². The zero-order valence-corrected chi connectivity index (χ0v) is 22.9. The average Bonchev–Trinajstić information content (AvgIpc) is 3.06. The summed E-state index contributed by atoms with van der Waals surface area (Å²) in [5.41, 5.74) is 5.29. The number of allylic oxidation sites excluding steroid dienone is 1. The summed E-state index contributed by atoms with van der Waals surface area (Å²) >= 11 is 0.712. The van der Waals surface area contributed by atoms with Gasteiger partial charge in [-0.05, 0) is 88.2 Å². The fraction of sp³-hybridized carbons (Fsp3) is 0.345. The molecular weight excluding hydrogens is 489 g/mol. The third-order valence-corrected chi connectivity index (χ3v) is 7.57. The lowest BCUT2D eigenvalue weighted by Gasteiger charge is -2.43. The molecule has 0 radical (unpaired) electrons. The van der Waals surface area contributed by atoms with Crippen LogP contribution in [0.4, 0.5) is 20.6 Å². The second-order valence-electron chi connectivity index (χ2n) is 10.2. The molecule has 8 heteroatoms. The number of nitrogens with zero attached hydrogens (tertiary/aromatic N) is 2. The summed E-state index contributed by atoms with van der Waals surface area (Å²) < 4.78 is 15.3. The number of imide groups is 1. The number of amides is 3. The molecule has 2 aliphatic heterocycles. The summed E-state index contributed by atoms with van der Waals surface area (Å²) in [5.74, 6) is -1.55. The number of thioether (sulfide) groups is 1. The van der Waals surface area contributed by atoms with Crippen LogP contribution in [0.5, 0.6) is 0 Å². The van der Waals surface area contributed by atoms with Crippen LogP contribution in [-0.2, 0) is 9.59 Å². The second-order valence-corrected chi connectivity index (χ2v) is 11.2. The molecule has 0 spiro atoms. The molecule has 1 fully saturated rings. The molecule has 0 saturated carbocycles. The van der Waals surface area contributed by atoms with E-state index in [-0.39, 0.29) is 16.0 Å². The van der Waals surface area contributed by atoms with E-state index in [4.69, 9.17) is 0 Å². The van der Waals surface area contributed by atoms with Crippen LogP contribution in [0.3, 0.4) is 0 Å². The molecule has 6 nitrogen and oxygen atoms in total. The van der Waals surface area contributed by atoms with Gasteiger partial charge in [0.05, 0.1) is 10.4 Å².